The summed E-state index contributed by atoms with van der Waals surface area (Å²) in [6, 6.07) is 6.72. The van der Waals surface area contributed by atoms with Gasteiger partial charge in [-0.3, -0.25) is 14.6 Å². The maximum atomic E-state index is 10.3. The first-order chi connectivity index (χ1) is 7.72. The van der Waals surface area contributed by atoms with E-state index in [1.54, 1.807) is 30.5 Å². The molecule has 3 nitrogen and oxygen atoms in total. The van der Waals surface area contributed by atoms with Crippen molar-refractivity contribution in [3.8, 4) is 0 Å². The van der Waals surface area contributed by atoms with E-state index in [0.717, 1.165) is 6.29 Å². The van der Waals surface area contributed by atoms with Crippen LogP contribution >= 0.6 is 11.6 Å². The highest BCUT2D eigenvalue weighted by atomic mass is 35.5. The van der Waals surface area contributed by atoms with E-state index in [2.05, 4.69) is 4.99 Å². The number of carbonyl (C=O) groups excluding carboxylic acids is 2. The van der Waals surface area contributed by atoms with Crippen LogP contribution in [0.15, 0.2) is 41.5 Å². The van der Waals surface area contributed by atoms with Crippen LogP contribution in [0.5, 0.6) is 0 Å². The Bertz CT molecular complexity index is 421. The van der Waals surface area contributed by atoms with Crippen molar-refractivity contribution in [2.45, 2.75) is 6.42 Å². The maximum absolute atomic E-state index is 10.3. The summed E-state index contributed by atoms with van der Waals surface area (Å²) < 4.78 is 0. The van der Waals surface area contributed by atoms with Gasteiger partial charge in [-0.2, -0.15) is 0 Å². The zero-order valence-electron chi connectivity index (χ0n) is 8.47. The lowest BCUT2D eigenvalue weighted by Gasteiger charge is -1.88. The van der Waals surface area contributed by atoms with E-state index in [0.29, 0.717) is 17.0 Å². The van der Waals surface area contributed by atoms with Gasteiger partial charge in [0.25, 0.3) is 0 Å². The summed E-state index contributed by atoms with van der Waals surface area (Å²) in [7, 11) is 0. The summed E-state index contributed by atoms with van der Waals surface area (Å²) >= 11 is 5.55. The lowest BCUT2D eigenvalue weighted by Crippen LogP contribution is -1.95. The SMILES string of the molecule is O=C1C=CN=CC1.O=Cc1ccc(Cl)cc1. The first-order valence-corrected chi connectivity index (χ1v) is 5.02. The van der Waals surface area contributed by atoms with Crippen LogP contribution in [-0.2, 0) is 4.79 Å². The highest BCUT2D eigenvalue weighted by Crippen LogP contribution is 2.07. The van der Waals surface area contributed by atoms with Crippen molar-refractivity contribution in [1.29, 1.82) is 0 Å². The summed E-state index contributed by atoms with van der Waals surface area (Å²) in [5.41, 5.74) is 0.652. The number of carbonyl (C=O) groups is 2. The minimum atomic E-state index is 0.134. The third-order valence-electron chi connectivity index (χ3n) is 1.75. The number of ketones is 1. The number of aldehydes is 1. The minimum Gasteiger partial charge on any atom is -0.298 e. The van der Waals surface area contributed by atoms with E-state index >= 15 is 0 Å². The molecule has 0 aromatic heterocycles. The molecule has 2 rings (SSSR count). The molecule has 0 fully saturated rings. The van der Waals surface area contributed by atoms with Crippen molar-refractivity contribution in [3.05, 3.63) is 47.1 Å². The van der Waals surface area contributed by atoms with Gasteiger partial charge in [0.15, 0.2) is 5.78 Å². The molecule has 0 radical (unpaired) electrons. The van der Waals surface area contributed by atoms with Crippen LogP contribution in [-0.4, -0.2) is 18.3 Å². The number of hydrogen-bond acceptors (Lipinski definition) is 3. The molecule has 0 N–H and O–H groups in total. The van der Waals surface area contributed by atoms with Gasteiger partial charge in [-0.25, -0.2) is 0 Å². The van der Waals surface area contributed by atoms with Crippen LogP contribution in [0.1, 0.15) is 16.8 Å². The summed E-state index contributed by atoms with van der Waals surface area (Å²) in [6.45, 7) is 0. The van der Waals surface area contributed by atoms with Crippen molar-refractivity contribution in [1.82, 2.24) is 0 Å². The highest BCUT2D eigenvalue weighted by molar-refractivity contribution is 6.30. The first kappa shape index (κ1) is 12.3. The Morgan fingerprint density at radius 2 is 1.94 bits per heavy atom. The highest BCUT2D eigenvalue weighted by Gasteiger charge is 1.93. The van der Waals surface area contributed by atoms with Crippen LogP contribution in [0, 0.1) is 0 Å². The second kappa shape index (κ2) is 6.69. The van der Waals surface area contributed by atoms with E-state index in [1.807, 2.05) is 0 Å². The summed E-state index contributed by atoms with van der Waals surface area (Å²) in [6.07, 6.45) is 5.83. The molecular weight excluding hydrogens is 226 g/mol. The van der Waals surface area contributed by atoms with Gasteiger partial charge < -0.3 is 0 Å². The second-order valence-electron chi connectivity index (χ2n) is 2.99. The lowest BCUT2D eigenvalue weighted by atomic mass is 10.2. The molecule has 1 aromatic carbocycles. The fraction of sp³-hybridized carbons (Fsp3) is 0.0833. The number of rotatable bonds is 1. The smallest absolute Gasteiger partial charge is 0.162 e. The zero-order chi connectivity index (χ0) is 11.8. The predicted molar refractivity (Wildman–Crippen MR) is 64.1 cm³/mol. The number of nitrogens with zero attached hydrogens (tertiary/aromatic N) is 1. The van der Waals surface area contributed by atoms with Gasteiger partial charge in [0, 0.05) is 29.4 Å². The average molecular weight is 236 g/mol. The van der Waals surface area contributed by atoms with Crippen LogP contribution < -0.4 is 0 Å². The number of hydrogen-bond donors (Lipinski definition) is 0. The van der Waals surface area contributed by atoms with Crippen molar-refractivity contribution >= 4 is 29.9 Å². The van der Waals surface area contributed by atoms with Gasteiger partial charge in [-0.15, -0.1) is 0 Å². The average Bonchev–Trinajstić information content (AvgIpc) is 2.32. The van der Waals surface area contributed by atoms with Crippen LogP contribution in [0.25, 0.3) is 0 Å². The third kappa shape index (κ3) is 4.66. The van der Waals surface area contributed by atoms with Gasteiger partial charge in [-0.1, -0.05) is 23.7 Å². The Balaban J connectivity index is 0.000000165. The Kier molecular flexibility index (Phi) is 5.16. The normalized spacial score (nSPS) is 12.9. The Morgan fingerprint density at radius 3 is 2.31 bits per heavy atom. The number of allylic oxidation sites excluding steroid dienone is 1. The first-order valence-electron chi connectivity index (χ1n) is 4.64. The topological polar surface area (TPSA) is 46.5 Å². The zero-order valence-corrected chi connectivity index (χ0v) is 9.22. The third-order valence-corrected chi connectivity index (χ3v) is 2.00. The maximum Gasteiger partial charge on any atom is 0.162 e. The molecule has 0 bridgehead atoms. The van der Waals surface area contributed by atoms with Gasteiger partial charge in [0.1, 0.15) is 6.29 Å². The second-order valence-corrected chi connectivity index (χ2v) is 3.42. The number of aliphatic imine (C=N–C) groups is 1. The fourth-order valence-corrected chi connectivity index (χ4v) is 1.07. The standard InChI is InChI=1S/C7H5ClO.C5H5NO/c8-7-3-1-6(5-9)2-4-7;7-5-1-3-6-4-2-5/h1-5H;1,3-4H,2H2. The molecule has 0 saturated carbocycles. The fourth-order valence-electron chi connectivity index (χ4n) is 0.939. The Labute approximate surface area is 98.5 Å². The van der Waals surface area contributed by atoms with Gasteiger partial charge in [0.2, 0.25) is 0 Å². The molecule has 0 saturated heterocycles. The molecule has 1 aliphatic heterocycles. The van der Waals surface area contributed by atoms with Crippen molar-refractivity contribution < 1.29 is 9.59 Å². The predicted octanol–water partition coefficient (Wildman–Crippen LogP) is 2.70. The summed E-state index contributed by atoms with van der Waals surface area (Å²) in [4.78, 5) is 24.1. The van der Waals surface area contributed by atoms with Crippen molar-refractivity contribution in [2.75, 3.05) is 0 Å². The molecule has 0 unspecified atom stereocenters. The van der Waals surface area contributed by atoms with Crippen LogP contribution in [0.4, 0.5) is 0 Å². The molecule has 1 heterocycles. The molecule has 0 amide bonds. The molecule has 0 aliphatic carbocycles. The van der Waals surface area contributed by atoms with Gasteiger partial charge in [-0.05, 0) is 18.2 Å². The van der Waals surface area contributed by atoms with E-state index in [-0.39, 0.29) is 5.78 Å². The molecule has 82 valence electrons. The molecule has 1 aromatic rings. The van der Waals surface area contributed by atoms with Crippen LogP contribution in [0.2, 0.25) is 5.02 Å². The quantitative estimate of drug-likeness (QED) is 0.703. The molecule has 16 heavy (non-hydrogen) atoms. The van der Waals surface area contributed by atoms with E-state index in [9.17, 15) is 9.59 Å². The minimum absolute atomic E-state index is 0.134. The van der Waals surface area contributed by atoms with E-state index < -0.39 is 0 Å². The molecule has 0 atom stereocenters. The molecule has 1 aliphatic rings. The molecule has 4 heteroatoms. The number of benzene rings is 1. The van der Waals surface area contributed by atoms with Crippen molar-refractivity contribution in [2.24, 2.45) is 4.99 Å². The van der Waals surface area contributed by atoms with Crippen molar-refractivity contribution in [3.63, 3.8) is 0 Å². The Hall–Kier alpha value is -1.74. The monoisotopic (exact) mass is 235 g/mol. The lowest BCUT2D eigenvalue weighted by molar-refractivity contribution is -0.113. The van der Waals surface area contributed by atoms with E-state index in [4.69, 9.17) is 11.6 Å². The summed E-state index contributed by atoms with van der Waals surface area (Å²) in [5, 5.41) is 0.653. The molecular formula is C12H10ClNO2. The van der Waals surface area contributed by atoms with Gasteiger partial charge >= 0.3 is 0 Å². The summed E-state index contributed by atoms with van der Waals surface area (Å²) in [5.74, 6) is 0.134. The Morgan fingerprint density at radius 1 is 1.25 bits per heavy atom. The van der Waals surface area contributed by atoms with Crippen LogP contribution in [0.3, 0.4) is 0 Å². The van der Waals surface area contributed by atoms with Gasteiger partial charge in [0.05, 0.1) is 0 Å². The largest absolute Gasteiger partial charge is 0.298 e. The number of halogens is 1. The van der Waals surface area contributed by atoms with E-state index in [1.165, 1.54) is 12.3 Å². The molecule has 0 spiro atoms.